The summed E-state index contributed by atoms with van der Waals surface area (Å²) >= 11 is 0. The average Bonchev–Trinajstić information content (AvgIpc) is 2.97. The Morgan fingerprint density at radius 1 is 1.30 bits per heavy atom. The van der Waals surface area contributed by atoms with Crippen LogP contribution in [0.1, 0.15) is 30.7 Å². The predicted molar refractivity (Wildman–Crippen MR) is 85.3 cm³/mol. The molecule has 3 rings (SSSR count). The van der Waals surface area contributed by atoms with Crippen molar-refractivity contribution in [1.82, 2.24) is 29.2 Å². The minimum Gasteiger partial charge on any atom is -0.307 e. The molecule has 0 amide bonds. The molecule has 1 aliphatic rings. The van der Waals surface area contributed by atoms with Crippen molar-refractivity contribution in [2.75, 3.05) is 0 Å². The molecule has 8 nitrogen and oxygen atoms in total. The third kappa shape index (κ3) is 2.98. The molecule has 0 saturated carbocycles. The van der Waals surface area contributed by atoms with Gasteiger partial charge in [-0.05, 0) is 6.42 Å². The molecule has 124 valence electrons. The zero-order valence-electron chi connectivity index (χ0n) is 13.7. The summed E-state index contributed by atoms with van der Waals surface area (Å²) in [4.78, 5) is 28.2. The summed E-state index contributed by atoms with van der Waals surface area (Å²) in [5.41, 5.74) is 0.112. The third-order valence-corrected chi connectivity index (χ3v) is 4.42. The highest BCUT2D eigenvalue weighted by molar-refractivity contribution is 5.03. The first-order valence-electron chi connectivity index (χ1n) is 7.91. The maximum Gasteiger partial charge on any atom is 0.330 e. The second-order valence-corrected chi connectivity index (χ2v) is 5.97. The highest BCUT2D eigenvalue weighted by Crippen LogP contribution is 2.13. The minimum atomic E-state index is -0.302. The Hall–Kier alpha value is -2.22. The standard InChI is InChI=1S/C15H22N6O2/c1-4-12-17-13-6-5-10(9-21(13)18-12)16-8-11-7-14(22)20(3)15(23)19(11)2/h7,10,16H,4-6,8-9H2,1-3H3/t10-/m0/s1. The summed E-state index contributed by atoms with van der Waals surface area (Å²) in [6.07, 6.45) is 2.70. The lowest BCUT2D eigenvalue weighted by Gasteiger charge is -2.24. The molecule has 1 N–H and O–H groups in total. The van der Waals surface area contributed by atoms with E-state index in [4.69, 9.17) is 0 Å². The van der Waals surface area contributed by atoms with Crippen LogP contribution < -0.4 is 16.6 Å². The zero-order valence-corrected chi connectivity index (χ0v) is 13.7. The van der Waals surface area contributed by atoms with Crippen molar-refractivity contribution in [2.24, 2.45) is 14.1 Å². The van der Waals surface area contributed by atoms with Gasteiger partial charge in [0.25, 0.3) is 5.56 Å². The number of fused-ring (bicyclic) bond motifs is 1. The Balaban J connectivity index is 1.70. The zero-order chi connectivity index (χ0) is 16.6. The normalized spacial score (nSPS) is 17.3. The highest BCUT2D eigenvalue weighted by Gasteiger charge is 2.21. The monoisotopic (exact) mass is 318 g/mol. The quantitative estimate of drug-likeness (QED) is 0.809. The molecule has 3 heterocycles. The lowest BCUT2D eigenvalue weighted by atomic mass is 10.1. The smallest absolute Gasteiger partial charge is 0.307 e. The van der Waals surface area contributed by atoms with Crippen LogP contribution >= 0.6 is 0 Å². The fourth-order valence-electron chi connectivity index (χ4n) is 2.87. The van der Waals surface area contributed by atoms with Crippen LogP contribution in [0.15, 0.2) is 15.7 Å². The van der Waals surface area contributed by atoms with Crippen molar-refractivity contribution in [3.05, 3.63) is 44.2 Å². The van der Waals surface area contributed by atoms with Gasteiger partial charge in [0.1, 0.15) is 5.82 Å². The highest BCUT2D eigenvalue weighted by atomic mass is 16.2. The second kappa shape index (κ2) is 6.11. The molecular weight excluding hydrogens is 296 g/mol. The van der Waals surface area contributed by atoms with Gasteiger partial charge >= 0.3 is 5.69 Å². The van der Waals surface area contributed by atoms with Gasteiger partial charge in [0.05, 0.1) is 6.54 Å². The molecule has 23 heavy (non-hydrogen) atoms. The van der Waals surface area contributed by atoms with Gasteiger partial charge in [0.2, 0.25) is 0 Å². The number of hydrogen-bond acceptors (Lipinski definition) is 5. The fourth-order valence-corrected chi connectivity index (χ4v) is 2.87. The van der Waals surface area contributed by atoms with Crippen molar-refractivity contribution in [1.29, 1.82) is 0 Å². The first-order valence-corrected chi connectivity index (χ1v) is 7.91. The average molecular weight is 318 g/mol. The molecule has 2 aromatic rings. The molecule has 0 radical (unpaired) electrons. The number of rotatable bonds is 4. The topological polar surface area (TPSA) is 86.7 Å². The van der Waals surface area contributed by atoms with E-state index in [9.17, 15) is 9.59 Å². The number of aromatic nitrogens is 5. The van der Waals surface area contributed by atoms with Crippen molar-refractivity contribution >= 4 is 0 Å². The van der Waals surface area contributed by atoms with Crippen molar-refractivity contribution in [3.63, 3.8) is 0 Å². The van der Waals surface area contributed by atoms with E-state index in [0.29, 0.717) is 12.2 Å². The van der Waals surface area contributed by atoms with Crippen molar-refractivity contribution in [3.8, 4) is 0 Å². The molecule has 0 saturated heterocycles. The number of hydrogen-bond donors (Lipinski definition) is 1. The van der Waals surface area contributed by atoms with Gasteiger partial charge in [0.15, 0.2) is 5.82 Å². The molecule has 0 aromatic carbocycles. The summed E-state index contributed by atoms with van der Waals surface area (Å²) in [6.45, 7) is 3.30. The van der Waals surface area contributed by atoms with E-state index in [1.807, 2.05) is 11.6 Å². The molecule has 0 spiro atoms. The molecule has 0 bridgehead atoms. The summed E-state index contributed by atoms with van der Waals surface area (Å²) in [5, 5.41) is 7.91. The molecule has 0 aliphatic carbocycles. The number of nitrogens with one attached hydrogen (secondary N) is 1. The third-order valence-electron chi connectivity index (χ3n) is 4.42. The van der Waals surface area contributed by atoms with E-state index in [1.54, 1.807) is 7.05 Å². The number of aryl methyl sites for hydroxylation is 2. The summed E-state index contributed by atoms with van der Waals surface area (Å²) in [7, 11) is 3.17. The van der Waals surface area contributed by atoms with E-state index >= 15 is 0 Å². The van der Waals surface area contributed by atoms with Crippen LogP contribution in [0.25, 0.3) is 0 Å². The van der Waals surface area contributed by atoms with E-state index in [-0.39, 0.29) is 17.3 Å². The van der Waals surface area contributed by atoms with Gasteiger partial charge in [-0.3, -0.25) is 13.9 Å². The van der Waals surface area contributed by atoms with Crippen LogP contribution in [0.4, 0.5) is 0 Å². The summed E-state index contributed by atoms with van der Waals surface area (Å²) in [6, 6.07) is 1.76. The van der Waals surface area contributed by atoms with Gasteiger partial charge in [-0.1, -0.05) is 6.92 Å². The Labute approximate surface area is 133 Å². The van der Waals surface area contributed by atoms with Crippen LogP contribution in [0.2, 0.25) is 0 Å². The number of nitrogens with zero attached hydrogens (tertiary/aromatic N) is 5. The lowest BCUT2D eigenvalue weighted by molar-refractivity contribution is 0.354. The van der Waals surface area contributed by atoms with Gasteiger partial charge in [-0.25, -0.2) is 14.5 Å². The predicted octanol–water partition coefficient (Wildman–Crippen LogP) is -0.657. The van der Waals surface area contributed by atoms with Crippen LogP contribution in [0, 0.1) is 0 Å². The van der Waals surface area contributed by atoms with E-state index in [2.05, 4.69) is 15.4 Å². The Kier molecular flexibility index (Phi) is 4.16. The van der Waals surface area contributed by atoms with Crippen molar-refractivity contribution < 1.29 is 0 Å². The Morgan fingerprint density at radius 2 is 2.09 bits per heavy atom. The van der Waals surface area contributed by atoms with Crippen LogP contribution in [-0.2, 0) is 40.0 Å². The molecular formula is C15H22N6O2. The van der Waals surface area contributed by atoms with Gasteiger partial charge < -0.3 is 5.32 Å². The Bertz CT molecular complexity index is 831. The van der Waals surface area contributed by atoms with Gasteiger partial charge in [-0.2, -0.15) is 5.10 Å². The summed E-state index contributed by atoms with van der Waals surface area (Å²) in [5.74, 6) is 1.93. The van der Waals surface area contributed by atoms with Crippen LogP contribution in [0.5, 0.6) is 0 Å². The molecule has 0 unspecified atom stereocenters. The maximum atomic E-state index is 11.9. The van der Waals surface area contributed by atoms with E-state index in [1.165, 1.54) is 17.7 Å². The SMILES string of the molecule is CCc1nc2n(n1)C[C@@H](NCc1cc(=O)n(C)c(=O)n1C)CC2. The molecule has 2 aromatic heterocycles. The van der Waals surface area contributed by atoms with Gasteiger partial charge in [-0.15, -0.1) is 0 Å². The first kappa shape index (κ1) is 15.7. The van der Waals surface area contributed by atoms with Gasteiger partial charge in [0, 0.05) is 51.3 Å². The van der Waals surface area contributed by atoms with Crippen molar-refractivity contribution in [2.45, 2.75) is 45.3 Å². The van der Waals surface area contributed by atoms with Crippen LogP contribution in [-0.4, -0.2) is 29.9 Å². The Morgan fingerprint density at radius 3 is 2.83 bits per heavy atom. The van der Waals surface area contributed by atoms with Crippen LogP contribution in [0.3, 0.4) is 0 Å². The fraction of sp³-hybridized carbons (Fsp3) is 0.600. The molecule has 1 atom stereocenters. The largest absolute Gasteiger partial charge is 0.330 e. The first-order chi connectivity index (χ1) is 11.0. The van der Waals surface area contributed by atoms with E-state index in [0.717, 1.165) is 42.0 Å². The molecule has 1 aliphatic heterocycles. The minimum absolute atomic E-state index is 0.257. The van der Waals surface area contributed by atoms with E-state index < -0.39 is 0 Å². The maximum absolute atomic E-state index is 11.9. The summed E-state index contributed by atoms with van der Waals surface area (Å²) < 4.78 is 4.58. The lowest BCUT2D eigenvalue weighted by Crippen LogP contribution is -2.41. The molecule has 0 fully saturated rings. The second-order valence-electron chi connectivity index (χ2n) is 5.97. The molecule has 8 heteroatoms.